The molecule has 0 radical (unpaired) electrons. The van der Waals surface area contributed by atoms with Gasteiger partial charge < -0.3 is 34.4 Å². The van der Waals surface area contributed by atoms with Crippen molar-refractivity contribution >= 4 is 17.7 Å². The number of β-amino-alcohol motifs (C(OH)–C–C–N with tert-alkyl or cyclic N) is 1. The van der Waals surface area contributed by atoms with Gasteiger partial charge in [-0.2, -0.15) is 4.98 Å². The van der Waals surface area contributed by atoms with Gasteiger partial charge in [-0.15, -0.1) is 0 Å². The minimum Gasteiger partial charge on any atom is -0.485 e. The number of nitrogens with zero attached hydrogens (tertiary/aromatic N) is 5. The first-order valence-corrected chi connectivity index (χ1v) is 14.4. The fourth-order valence-electron chi connectivity index (χ4n) is 4.67. The lowest BCUT2D eigenvalue weighted by Gasteiger charge is -2.31. The van der Waals surface area contributed by atoms with Gasteiger partial charge in [0.2, 0.25) is 23.5 Å². The number of rotatable bonds is 12. The molecule has 1 aromatic carbocycles. The highest BCUT2D eigenvalue weighted by Gasteiger charge is 2.42. The molecule has 12 nitrogen and oxygen atoms in total. The second-order valence-electron chi connectivity index (χ2n) is 12.7. The van der Waals surface area contributed by atoms with E-state index < -0.39 is 30.0 Å². The van der Waals surface area contributed by atoms with Crippen LogP contribution in [0.1, 0.15) is 69.5 Å². The van der Waals surface area contributed by atoms with Crippen molar-refractivity contribution in [1.82, 2.24) is 30.2 Å². The molecule has 0 bridgehead atoms. The number of amides is 3. The maximum atomic E-state index is 13.8. The molecule has 42 heavy (non-hydrogen) atoms. The predicted molar refractivity (Wildman–Crippen MR) is 157 cm³/mol. The Morgan fingerprint density at radius 3 is 2.48 bits per heavy atom. The number of aliphatic hydroxyl groups excluding tert-OH is 1. The van der Waals surface area contributed by atoms with E-state index in [4.69, 9.17) is 9.26 Å². The third kappa shape index (κ3) is 8.75. The monoisotopic (exact) mass is 586 g/mol. The lowest BCUT2D eigenvalue weighted by molar-refractivity contribution is -0.144. The second-order valence-corrected chi connectivity index (χ2v) is 12.7. The van der Waals surface area contributed by atoms with Gasteiger partial charge in [-0.05, 0) is 38.6 Å². The molecule has 1 aromatic heterocycles. The fraction of sp³-hybridized carbons (Fsp3) is 0.633. The van der Waals surface area contributed by atoms with Gasteiger partial charge in [0.25, 0.3) is 5.91 Å². The van der Waals surface area contributed by atoms with Gasteiger partial charge in [-0.3, -0.25) is 14.4 Å². The Morgan fingerprint density at radius 1 is 1.17 bits per heavy atom. The molecule has 2 aromatic rings. The van der Waals surface area contributed by atoms with Gasteiger partial charge in [-0.1, -0.05) is 51.9 Å². The molecular weight excluding hydrogens is 540 g/mol. The van der Waals surface area contributed by atoms with Gasteiger partial charge in [0, 0.05) is 38.5 Å². The van der Waals surface area contributed by atoms with Gasteiger partial charge in [0.15, 0.2) is 6.61 Å². The Kier molecular flexibility index (Phi) is 11.1. The van der Waals surface area contributed by atoms with Crippen LogP contribution in [0.4, 0.5) is 0 Å². The van der Waals surface area contributed by atoms with Gasteiger partial charge >= 0.3 is 0 Å². The molecule has 12 heteroatoms. The summed E-state index contributed by atoms with van der Waals surface area (Å²) in [6.07, 6.45) is -0.308. The van der Waals surface area contributed by atoms with Crippen LogP contribution in [0.15, 0.2) is 28.8 Å². The first-order valence-electron chi connectivity index (χ1n) is 14.4. The third-order valence-corrected chi connectivity index (χ3v) is 7.01. The Morgan fingerprint density at radius 2 is 1.86 bits per heavy atom. The largest absolute Gasteiger partial charge is 0.485 e. The predicted octanol–water partition coefficient (Wildman–Crippen LogP) is 2.07. The topological polar surface area (TPSA) is 141 Å². The summed E-state index contributed by atoms with van der Waals surface area (Å²) in [5.41, 5.74) is -0.0615. The Hall–Kier alpha value is -3.51. The van der Waals surface area contributed by atoms with Crippen LogP contribution in [-0.2, 0) is 21.6 Å². The van der Waals surface area contributed by atoms with Crippen LogP contribution >= 0.6 is 0 Å². The van der Waals surface area contributed by atoms with Crippen molar-refractivity contribution in [2.24, 2.45) is 5.92 Å². The highest BCUT2D eigenvalue weighted by Crippen LogP contribution is 2.25. The minimum absolute atomic E-state index is 0.00494. The van der Waals surface area contributed by atoms with Gasteiger partial charge in [0.1, 0.15) is 17.8 Å². The Labute approximate surface area is 248 Å². The molecular formula is C30H46N6O6. The van der Waals surface area contributed by atoms with Crippen molar-refractivity contribution in [3.63, 3.8) is 0 Å². The van der Waals surface area contributed by atoms with Crippen LogP contribution in [0.5, 0.6) is 5.75 Å². The summed E-state index contributed by atoms with van der Waals surface area (Å²) in [7, 11) is 5.54. The van der Waals surface area contributed by atoms with E-state index in [1.165, 1.54) is 4.90 Å². The molecule has 0 aliphatic carbocycles. The number of nitrogens with one attached hydrogen (secondary N) is 1. The average molecular weight is 587 g/mol. The standard InChI is InChI=1S/C30H46N6O6/c1-19(2)15-22(27(39)36-17-20(37)16-23(36)28(40)35(8)14-13-34(6)7)31-26(38)21-11-9-10-12-24(21)41-18-25-32-29(42-33-25)30(3,4)5/h9-12,19-20,22-23,37H,13-18H2,1-8H3,(H,31,38)/t20-,22+,23+/m0/s1. The van der Waals surface area contributed by atoms with Crippen LogP contribution in [0.3, 0.4) is 0 Å². The number of benzene rings is 1. The van der Waals surface area contributed by atoms with Crippen molar-refractivity contribution in [1.29, 1.82) is 0 Å². The van der Waals surface area contributed by atoms with Crippen LogP contribution < -0.4 is 10.1 Å². The molecule has 1 aliphatic rings. The number of para-hydroxylation sites is 1. The van der Waals surface area contributed by atoms with Crippen molar-refractivity contribution in [2.45, 2.75) is 77.7 Å². The van der Waals surface area contributed by atoms with E-state index >= 15 is 0 Å². The number of aliphatic hydroxyl groups is 1. The zero-order chi connectivity index (χ0) is 31.2. The molecule has 3 atom stereocenters. The third-order valence-electron chi connectivity index (χ3n) is 7.01. The number of aromatic nitrogens is 2. The van der Waals surface area contributed by atoms with Gasteiger partial charge in [-0.25, -0.2) is 0 Å². The van der Waals surface area contributed by atoms with E-state index in [1.807, 2.05) is 53.6 Å². The number of likely N-dealkylation sites (tertiary alicyclic amines) is 1. The second kappa shape index (κ2) is 14.1. The number of hydrogen-bond acceptors (Lipinski definition) is 9. The highest BCUT2D eigenvalue weighted by atomic mass is 16.5. The summed E-state index contributed by atoms with van der Waals surface area (Å²) >= 11 is 0. The molecule has 0 unspecified atom stereocenters. The molecule has 1 fully saturated rings. The summed E-state index contributed by atoms with van der Waals surface area (Å²) in [5.74, 6) is 0.0973. The molecule has 1 aliphatic heterocycles. The molecule has 2 heterocycles. The van der Waals surface area contributed by atoms with Crippen LogP contribution in [0.25, 0.3) is 0 Å². The lowest BCUT2D eigenvalue weighted by Crippen LogP contribution is -2.54. The van der Waals surface area contributed by atoms with Crippen LogP contribution in [0, 0.1) is 5.92 Å². The van der Waals surface area contributed by atoms with E-state index in [1.54, 1.807) is 36.2 Å². The molecule has 232 valence electrons. The molecule has 0 spiro atoms. The SMILES string of the molecule is CC(C)C[C@@H](NC(=O)c1ccccc1OCc1noc(C(C)(C)C)n1)C(=O)N1C[C@@H](O)C[C@@H]1C(=O)N(C)CCN(C)C. The van der Waals surface area contributed by atoms with Crippen molar-refractivity contribution in [3.05, 3.63) is 41.5 Å². The summed E-state index contributed by atoms with van der Waals surface area (Å²) in [4.78, 5) is 50.0. The first kappa shape index (κ1) is 33.0. The van der Waals surface area contributed by atoms with E-state index in [0.29, 0.717) is 37.0 Å². The lowest BCUT2D eigenvalue weighted by atomic mass is 9.97. The summed E-state index contributed by atoms with van der Waals surface area (Å²) in [6, 6.07) is 5.04. The summed E-state index contributed by atoms with van der Waals surface area (Å²) in [5, 5.41) is 17.3. The summed E-state index contributed by atoms with van der Waals surface area (Å²) < 4.78 is 11.2. The Bertz CT molecular complexity index is 1220. The maximum Gasteiger partial charge on any atom is 0.255 e. The van der Waals surface area contributed by atoms with Gasteiger partial charge in [0.05, 0.1) is 11.7 Å². The Balaban J connectivity index is 1.75. The number of carbonyl (C=O) groups excluding carboxylic acids is 3. The first-order chi connectivity index (χ1) is 19.7. The molecule has 3 amide bonds. The fourth-order valence-corrected chi connectivity index (χ4v) is 4.67. The number of ether oxygens (including phenoxy) is 1. The van der Waals surface area contributed by atoms with E-state index in [9.17, 15) is 19.5 Å². The minimum atomic E-state index is -0.898. The van der Waals surface area contributed by atoms with Crippen molar-refractivity contribution in [2.75, 3.05) is 40.8 Å². The molecule has 1 saturated heterocycles. The van der Waals surface area contributed by atoms with Crippen molar-refractivity contribution < 1.29 is 28.8 Å². The number of carbonyl (C=O) groups is 3. The molecule has 3 rings (SSSR count). The van der Waals surface area contributed by atoms with E-state index in [2.05, 4.69) is 15.5 Å². The van der Waals surface area contributed by atoms with E-state index in [-0.39, 0.29) is 42.4 Å². The molecule has 2 N–H and O–H groups in total. The maximum absolute atomic E-state index is 13.8. The van der Waals surface area contributed by atoms with Crippen LogP contribution in [-0.4, -0.2) is 107 Å². The van der Waals surface area contributed by atoms with Crippen molar-refractivity contribution in [3.8, 4) is 5.75 Å². The highest BCUT2D eigenvalue weighted by molar-refractivity contribution is 6.00. The normalized spacial score (nSPS) is 17.9. The quantitative estimate of drug-likeness (QED) is 0.382. The summed E-state index contributed by atoms with van der Waals surface area (Å²) in [6.45, 7) is 11.0. The smallest absolute Gasteiger partial charge is 0.255 e. The average Bonchev–Trinajstić information content (AvgIpc) is 3.56. The number of hydrogen-bond donors (Lipinski definition) is 2. The van der Waals surface area contributed by atoms with Crippen LogP contribution in [0.2, 0.25) is 0 Å². The zero-order valence-electron chi connectivity index (χ0n) is 26.1. The number of likely N-dealkylation sites (N-methyl/N-ethyl adjacent to an activating group) is 2. The van der Waals surface area contributed by atoms with E-state index in [0.717, 1.165) is 0 Å². The zero-order valence-corrected chi connectivity index (χ0v) is 26.1. The molecule has 0 saturated carbocycles.